The van der Waals surface area contributed by atoms with Gasteiger partial charge in [-0.25, -0.2) is 0 Å². The summed E-state index contributed by atoms with van der Waals surface area (Å²) in [6.45, 7) is -0.245. The summed E-state index contributed by atoms with van der Waals surface area (Å²) in [5.41, 5.74) is 0. The summed E-state index contributed by atoms with van der Waals surface area (Å²) in [6, 6.07) is 0. The Labute approximate surface area is 58.5 Å². The number of carboxylic acids is 1. The maximum atomic E-state index is 10.0. The van der Waals surface area contributed by atoms with E-state index in [9.17, 15) is 9.59 Å². The van der Waals surface area contributed by atoms with Crippen molar-refractivity contribution < 1.29 is 19.8 Å². The predicted molar refractivity (Wildman–Crippen MR) is 33.5 cm³/mol. The van der Waals surface area contributed by atoms with Crippen molar-refractivity contribution in [1.82, 2.24) is 0 Å². The molecule has 1 unspecified atom stereocenters. The van der Waals surface area contributed by atoms with Gasteiger partial charge in [0.2, 0.25) is 0 Å². The van der Waals surface area contributed by atoms with Gasteiger partial charge in [-0.1, -0.05) is 0 Å². The lowest BCUT2D eigenvalue weighted by molar-refractivity contribution is -0.138. The van der Waals surface area contributed by atoms with Gasteiger partial charge in [0.25, 0.3) is 0 Å². The van der Waals surface area contributed by atoms with E-state index in [2.05, 4.69) is 0 Å². The fourth-order valence-electron chi connectivity index (χ4n) is 0.605. The van der Waals surface area contributed by atoms with Crippen LogP contribution in [0.2, 0.25) is 0 Å². The lowest BCUT2D eigenvalue weighted by atomic mass is 10.0. The van der Waals surface area contributed by atoms with Gasteiger partial charge in [0.1, 0.15) is 6.29 Å². The summed E-state index contributed by atoms with van der Waals surface area (Å²) < 4.78 is 0. The first-order valence-corrected chi connectivity index (χ1v) is 2.97. The summed E-state index contributed by atoms with van der Waals surface area (Å²) in [6.07, 6.45) is 0.585. The Kier molecular flexibility index (Phi) is 4.49. The van der Waals surface area contributed by atoms with E-state index in [0.29, 0.717) is 6.29 Å². The molecule has 0 aliphatic rings. The number of carbonyl (C=O) groups excluding carboxylic acids is 1. The minimum Gasteiger partial charge on any atom is -0.481 e. The molecule has 1 atom stereocenters. The number of aldehydes is 1. The van der Waals surface area contributed by atoms with Gasteiger partial charge >= 0.3 is 5.97 Å². The van der Waals surface area contributed by atoms with Crippen molar-refractivity contribution in [2.24, 2.45) is 5.92 Å². The van der Waals surface area contributed by atoms with Gasteiger partial charge in [-0.3, -0.25) is 4.79 Å². The van der Waals surface area contributed by atoms with Crippen molar-refractivity contribution in [1.29, 1.82) is 0 Å². The number of aliphatic carboxylic acids is 1. The molecule has 58 valence electrons. The van der Waals surface area contributed by atoms with E-state index in [4.69, 9.17) is 10.2 Å². The van der Waals surface area contributed by atoms with Crippen LogP contribution in [0, 0.1) is 5.92 Å². The van der Waals surface area contributed by atoms with Gasteiger partial charge in [-0.05, 0) is 5.92 Å². The lowest BCUT2D eigenvalue weighted by Crippen LogP contribution is -2.12. The molecule has 0 aliphatic carbocycles. The second kappa shape index (κ2) is 4.93. The molecule has 0 aromatic rings. The van der Waals surface area contributed by atoms with Crippen molar-refractivity contribution >= 4 is 12.3 Å². The van der Waals surface area contributed by atoms with Crippen LogP contribution in [0.25, 0.3) is 0 Å². The van der Waals surface area contributed by atoms with Gasteiger partial charge in [0.05, 0.1) is 6.42 Å². The first-order valence-electron chi connectivity index (χ1n) is 2.97. The van der Waals surface area contributed by atoms with Gasteiger partial charge in [0, 0.05) is 13.0 Å². The molecule has 0 aliphatic heterocycles. The summed E-state index contributed by atoms with van der Waals surface area (Å²) in [5, 5.41) is 16.7. The third-order valence-corrected chi connectivity index (χ3v) is 1.15. The molecule has 0 aromatic carbocycles. The SMILES string of the molecule is O=CCC(CO)CC(=O)O. The fourth-order valence-corrected chi connectivity index (χ4v) is 0.605. The van der Waals surface area contributed by atoms with Gasteiger partial charge in [-0.2, -0.15) is 0 Å². The Bertz CT molecular complexity index is 121. The number of hydrogen-bond acceptors (Lipinski definition) is 3. The van der Waals surface area contributed by atoms with Crippen LogP contribution in [0.5, 0.6) is 0 Å². The molecule has 0 saturated carbocycles. The molecule has 0 rings (SSSR count). The Hall–Kier alpha value is -0.900. The minimum absolute atomic E-state index is 0.114. The van der Waals surface area contributed by atoms with Crippen LogP contribution in [0.15, 0.2) is 0 Å². The number of carboxylic acid groups (broad SMARTS) is 1. The van der Waals surface area contributed by atoms with E-state index in [1.807, 2.05) is 0 Å². The highest BCUT2D eigenvalue weighted by atomic mass is 16.4. The molecular formula is C6H10O4. The molecule has 0 heterocycles. The number of hydrogen-bond donors (Lipinski definition) is 2. The molecule has 0 saturated heterocycles. The van der Waals surface area contributed by atoms with Crippen LogP contribution in [0.1, 0.15) is 12.8 Å². The fraction of sp³-hybridized carbons (Fsp3) is 0.667. The zero-order chi connectivity index (χ0) is 7.98. The Morgan fingerprint density at radius 3 is 2.50 bits per heavy atom. The first-order chi connectivity index (χ1) is 4.70. The van der Waals surface area contributed by atoms with Crippen molar-refractivity contribution in [2.45, 2.75) is 12.8 Å². The number of carbonyl (C=O) groups is 2. The normalized spacial score (nSPS) is 12.5. The number of aliphatic hydroxyl groups excluding tert-OH is 1. The van der Waals surface area contributed by atoms with Gasteiger partial charge in [-0.15, -0.1) is 0 Å². The number of aliphatic hydroxyl groups is 1. The smallest absolute Gasteiger partial charge is 0.303 e. The minimum atomic E-state index is -0.985. The molecule has 2 N–H and O–H groups in total. The van der Waals surface area contributed by atoms with E-state index in [0.717, 1.165) is 0 Å². The van der Waals surface area contributed by atoms with Crippen molar-refractivity contribution in [2.75, 3.05) is 6.61 Å². The number of rotatable bonds is 5. The average molecular weight is 146 g/mol. The average Bonchev–Trinajstić information content (AvgIpc) is 1.86. The van der Waals surface area contributed by atoms with Crippen LogP contribution in [-0.2, 0) is 9.59 Å². The summed E-state index contributed by atoms with van der Waals surface area (Å²) in [5.74, 6) is -1.41. The van der Waals surface area contributed by atoms with Crippen molar-refractivity contribution in [3.8, 4) is 0 Å². The van der Waals surface area contributed by atoms with Gasteiger partial charge in [0.15, 0.2) is 0 Å². The van der Waals surface area contributed by atoms with Crippen LogP contribution in [0.4, 0.5) is 0 Å². The Balaban J connectivity index is 3.59. The zero-order valence-corrected chi connectivity index (χ0v) is 5.49. The molecule has 0 amide bonds. The largest absolute Gasteiger partial charge is 0.481 e. The van der Waals surface area contributed by atoms with Crippen LogP contribution < -0.4 is 0 Å². The predicted octanol–water partition coefficient (Wildman–Crippen LogP) is -0.341. The molecule has 0 bridgehead atoms. The molecular weight excluding hydrogens is 136 g/mol. The Morgan fingerprint density at radius 2 is 2.20 bits per heavy atom. The zero-order valence-electron chi connectivity index (χ0n) is 5.49. The molecule has 4 heteroatoms. The van der Waals surface area contributed by atoms with E-state index >= 15 is 0 Å². The van der Waals surface area contributed by atoms with E-state index < -0.39 is 11.9 Å². The van der Waals surface area contributed by atoms with Gasteiger partial charge < -0.3 is 15.0 Å². The monoisotopic (exact) mass is 146 g/mol. The van der Waals surface area contributed by atoms with Crippen LogP contribution in [-0.4, -0.2) is 29.1 Å². The topological polar surface area (TPSA) is 74.6 Å². The second-order valence-corrected chi connectivity index (χ2v) is 2.05. The highest BCUT2D eigenvalue weighted by Crippen LogP contribution is 2.04. The van der Waals surface area contributed by atoms with Crippen LogP contribution >= 0.6 is 0 Å². The van der Waals surface area contributed by atoms with Crippen molar-refractivity contribution in [3.05, 3.63) is 0 Å². The van der Waals surface area contributed by atoms with E-state index in [-0.39, 0.29) is 19.4 Å². The summed E-state index contributed by atoms with van der Waals surface area (Å²) in [7, 11) is 0. The Morgan fingerprint density at radius 1 is 1.60 bits per heavy atom. The quantitative estimate of drug-likeness (QED) is 0.520. The molecule has 4 nitrogen and oxygen atoms in total. The van der Waals surface area contributed by atoms with E-state index in [1.54, 1.807) is 0 Å². The molecule has 0 fully saturated rings. The third kappa shape index (κ3) is 4.03. The summed E-state index contributed by atoms with van der Waals surface area (Å²) in [4.78, 5) is 19.9. The van der Waals surface area contributed by atoms with E-state index in [1.165, 1.54) is 0 Å². The van der Waals surface area contributed by atoms with Crippen molar-refractivity contribution in [3.63, 3.8) is 0 Å². The highest BCUT2D eigenvalue weighted by Gasteiger charge is 2.10. The van der Waals surface area contributed by atoms with Crippen LogP contribution in [0.3, 0.4) is 0 Å². The molecule has 0 radical (unpaired) electrons. The highest BCUT2D eigenvalue weighted by molar-refractivity contribution is 5.67. The standard InChI is InChI=1S/C6H10O4/c7-2-1-5(4-8)3-6(9)10/h2,5,8H,1,3-4H2,(H,9,10). The first kappa shape index (κ1) is 9.10. The molecule has 0 aromatic heterocycles. The molecule has 10 heavy (non-hydrogen) atoms. The maximum Gasteiger partial charge on any atom is 0.303 e. The molecule has 0 spiro atoms. The lowest BCUT2D eigenvalue weighted by Gasteiger charge is -2.04. The summed E-state index contributed by atoms with van der Waals surface area (Å²) >= 11 is 0. The third-order valence-electron chi connectivity index (χ3n) is 1.15. The second-order valence-electron chi connectivity index (χ2n) is 2.05. The maximum absolute atomic E-state index is 10.0.